The summed E-state index contributed by atoms with van der Waals surface area (Å²) in [6, 6.07) is 11.8. The van der Waals surface area contributed by atoms with Crippen LogP contribution in [-0.4, -0.2) is 33.3 Å². The molecule has 158 valence electrons. The molecule has 1 fully saturated rings. The Morgan fingerprint density at radius 2 is 2.10 bits per heavy atom. The van der Waals surface area contributed by atoms with Crippen LogP contribution in [0.4, 0.5) is 0 Å². The molecular weight excluding hydrogens is 456 g/mol. The van der Waals surface area contributed by atoms with Crippen LogP contribution in [0.2, 0.25) is 0 Å². The first-order valence-corrected chi connectivity index (χ1v) is 11.3. The van der Waals surface area contributed by atoms with Crippen LogP contribution in [0.3, 0.4) is 0 Å². The Morgan fingerprint density at radius 1 is 1.26 bits per heavy atom. The van der Waals surface area contributed by atoms with Crippen molar-refractivity contribution < 1.29 is 9.53 Å². The minimum Gasteiger partial charge on any atom is -0.469 e. The van der Waals surface area contributed by atoms with Gasteiger partial charge in [-0.25, -0.2) is 4.98 Å². The van der Waals surface area contributed by atoms with Gasteiger partial charge in [-0.15, -0.1) is 0 Å². The molecule has 0 amide bonds. The molecule has 1 atom stereocenters. The predicted octanol–water partition coefficient (Wildman–Crippen LogP) is 5.06. The van der Waals surface area contributed by atoms with Crippen LogP contribution >= 0.6 is 15.9 Å². The molecule has 0 radical (unpaired) electrons. The average molecular weight is 479 g/mol. The summed E-state index contributed by atoms with van der Waals surface area (Å²) in [6.07, 6.45) is 4.95. The Hall–Kier alpha value is -2.80. The number of aromatic nitrogens is 3. The van der Waals surface area contributed by atoms with Gasteiger partial charge in [0.05, 0.1) is 29.9 Å². The number of methoxy groups -OCH3 is 1. The molecule has 3 aromatic rings. The smallest absolute Gasteiger partial charge is 0.305 e. The molecule has 0 bridgehead atoms. The Morgan fingerprint density at radius 3 is 2.81 bits per heavy atom. The number of imidazole rings is 1. The first-order valence-electron chi connectivity index (χ1n) is 10.5. The minimum absolute atomic E-state index is 0.240. The largest absolute Gasteiger partial charge is 0.469 e. The maximum atomic E-state index is 11.9. The second-order valence-corrected chi connectivity index (χ2v) is 8.95. The fraction of sp³-hybridized carbons (Fsp3) is 0.333. The molecule has 7 heteroatoms. The number of rotatable bonds is 5. The highest BCUT2D eigenvalue weighted by Crippen LogP contribution is 2.45. The minimum atomic E-state index is -0.270. The number of hydrogen-bond acceptors (Lipinski definition) is 5. The van der Waals surface area contributed by atoms with Gasteiger partial charge in [0.15, 0.2) is 0 Å². The SMILES string of the molecule is COC(=O)CC[C@@H]1N=C(c2ccccn2)c2cc(Br)ccc2-n2c1nc(C)c2C1CC1. The molecule has 1 saturated carbocycles. The van der Waals surface area contributed by atoms with Gasteiger partial charge in [0, 0.05) is 34.3 Å². The molecule has 6 nitrogen and oxygen atoms in total. The number of nitrogens with zero attached hydrogens (tertiary/aromatic N) is 4. The average Bonchev–Trinajstić information content (AvgIpc) is 3.57. The van der Waals surface area contributed by atoms with Gasteiger partial charge in [-0.2, -0.15) is 0 Å². The Labute approximate surface area is 189 Å². The second kappa shape index (κ2) is 8.04. The lowest BCUT2D eigenvalue weighted by Crippen LogP contribution is -2.10. The molecule has 3 heterocycles. The van der Waals surface area contributed by atoms with Gasteiger partial charge in [0.2, 0.25) is 0 Å². The van der Waals surface area contributed by atoms with Crippen LogP contribution in [0.25, 0.3) is 5.69 Å². The van der Waals surface area contributed by atoms with Crippen molar-refractivity contribution in [2.75, 3.05) is 7.11 Å². The Kier molecular flexibility index (Phi) is 5.22. The molecule has 0 unspecified atom stereocenters. The molecule has 31 heavy (non-hydrogen) atoms. The Balaban J connectivity index is 1.75. The summed E-state index contributed by atoms with van der Waals surface area (Å²) in [5.74, 6) is 1.17. The van der Waals surface area contributed by atoms with E-state index >= 15 is 0 Å². The Bertz CT molecular complexity index is 1180. The number of ether oxygens (including phenoxy) is 1. The van der Waals surface area contributed by atoms with Crippen molar-refractivity contribution in [1.82, 2.24) is 14.5 Å². The number of benzene rings is 1. The number of carbonyl (C=O) groups excluding carboxylic acids is 1. The summed E-state index contributed by atoms with van der Waals surface area (Å²) in [7, 11) is 1.42. The molecule has 1 aliphatic heterocycles. The third-order valence-corrected chi connectivity index (χ3v) is 6.37. The molecule has 2 aromatic heterocycles. The first-order chi connectivity index (χ1) is 15.1. The van der Waals surface area contributed by atoms with Crippen molar-refractivity contribution in [3.05, 3.63) is 75.5 Å². The van der Waals surface area contributed by atoms with Gasteiger partial charge in [0.25, 0.3) is 0 Å². The summed E-state index contributed by atoms with van der Waals surface area (Å²) in [5, 5.41) is 0. The summed E-state index contributed by atoms with van der Waals surface area (Å²) in [4.78, 5) is 26.7. The highest BCUT2D eigenvalue weighted by molar-refractivity contribution is 9.10. The lowest BCUT2D eigenvalue weighted by molar-refractivity contribution is -0.140. The molecule has 0 N–H and O–H groups in total. The van der Waals surface area contributed by atoms with Crippen molar-refractivity contribution in [3.8, 4) is 5.69 Å². The fourth-order valence-corrected chi connectivity index (χ4v) is 4.67. The molecule has 5 rings (SSSR count). The van der Waals surface area contributed by atoms with Gasteiger partial charge in [-0.1, -0.05) is 22.0 Å². The normalized spacial score (nSPS) is 17.4. The number of carbonyl (C=O) groups is 1. The van der Waals surface area contributed by atoms with E-state index < -0.39 is 0 Å². The quantitative estimate of drug-likeness (QED) is 0.480. The number of fused-ring (bicyclic) bond motifs is 3. The van der Waals surface area contributed by atoms with E-state index in [4.69, 9.17) is 14.7 Å². The maximum absolute atomic E-state index is 11.9. The maximum Gasteiger partial charge on any atom is 0.305 e. The zero-order valence-electron chi connectivity index (χ0n) is 17.5. The third kappa shape index (κ3) is 3.71. The predicted molar refractivity (Wildman–Crippen MR) is 122 cm³/mol. The number of halogens is 1. The number of hydrogen-bond donors (Lipinski definition) is 0. The topological polar surface area (TPSA) is 69.4 Å². The van der Waals surface area contributed by atoms with Crippen molar-refractivity contribution in [2.24, 2.45) is 4.99 Å². The van der Waals surface area contributed by atoms with E-state index in [2.05, 4.69) is 50.6 Å². The van der Waals surface area contributed by atoms with Crippen LogP contribution in [0.15, 0.2) is 52.1 Å². The van der Waals surface area contributed by atoms with E-state index in [1.165, 1.54) is 25.6 Å². The number of esters is 1. The van der Waals surface area contributed by atoms with Crippen LogP contribution in [-0.2, 0) is 9.53 Å². The van der Waals surface area contributed by atoms with E-state index in [9.17, 15) is 4.79 Å². The van der Waals surface area contributed by atoms with Crippen molar-refractivity contribution in [1.29, 1.82) is 0 Å². The molecule has 0 saturated heterocycles. The summed E-state index contributed by atoms with van der Waals surface area (Å²) in [6.45, 7) is 2.08. The van der Waals surface area contributed by atoms with Crippen molar-refractivity contribution in [3.63, 3.8) is 0 Å². The zero-order valence-corrected chi connectivity index (χ0v) is 19.1. The van der Waals surface area contributed by atoms with Gasteiger partial charge < -0.3 is 4.74 Å². The van der Waals surface area contributed by atoms with Gasteiger partial charge >= 0.3 is 5.97 Å². The van der Waals surface area contributed by atoms with Crippen molar-refractivity contribution >= 4 is 27.6 Å². The monoisotopic (exact) mass is 478 g/mol. The first kappa shape index (κ1) is 20.1. The molecule has 1 aromatic carbocycles. The second-order valence-electron chi connectivity index (χ2n) is 8.04. The lowest BCUT2D eigenvalue weighted by atomic mass is 10.0. The van der Waals surface area contributed by atoms with Gasteiger partial charge in [-0.3, -0.25) is 19.3 Å². The van der Waals surface area contributed by atoms with Crippen LogP contribution < -0.4 is 0 Å². The van der Waals surface area contributed by atoms with E-state index in [0.717, 1.165) is 38.6 Å². The zero-order chi connectivity index (χ0) is 21.5. The third-order valence-electron chi connectivity index (χ3n) is 5.88. The van der Waals surface area contributed by atoms with E-state index in [0.29, 0.717) is 12.3 Å². The van der Waals surface area contributed by atoms with Gasteiger partial charge in [0.1, 0.15) is 11.9 Å². The van der Waals surface area contributed by atoms with Crippen LogP contribution in [0.5, 0.6) is 0 Å². The van der Waals surface area contributed by atoms with Crippen molar-refractivity contribution in [2.45, 2.75) is 44.6 Å². The van der Waals surface area contributed by atoms with E-state index in [1.807, 2.05) is 18.2 Å². The van der Waals surface area contributed by atoms with Crippen LogP contribution in [0, 0.1) is 6.92 Å². The molecule has 0 spiro atoms. The fourth-order valence-electron chi connectivity index (χ4n) is 4.31. The lowest BCUT2D eigenvalue weighted by Gasteiger charge is -2.16. The number of aryl methyl sites for hydroxylation is 1. The van der Waals surface area contributed by atoms with Crippen LogP contribution in [0.1, 0.15) is 66.1 Å². The summed E-state index contributed by atoms with van der Waals surface area (Å²) < 4.78 is 8.16. The highest BCUT2D eigenvalue weighted by Gasteiger charge is 2.36. The molecule has 1 aliphatic carbocycles. The molecular formula is C24H23BrN4O2. The highest BCUT2D eigenvalue weighted by atomic mass is 79.9. The van der Waals surface area contributed by atoms with Gasteiger partial charge in [-0.05, 0) is 56.5 Å². The summed E-state index contributed by atoms with van der Waals surface area (Å²) >= 11 is 3.63. The number of aliphatic imine (C=N–C) groups is 1. The standard InChI is InChI=1S/C24H23BrN4O2/c1-14-23(15-6-7-15)29-20-10-8-16(25)13-17(20)22(18-5-3-4-12-26-18)28-19(24(29)27-14)9-11-21(30)31-2/h3-5,8,10,12-13,15,19H,6-7,9,11H2,1-2H3/t19-/m0/s1. The van der Waals surface area contributed by atoms with E-state index in [1.54, 1.807) is 6.20 Å². The number of pyridine rings is 1. The summed E-state index contributed by atoms with van der Waals surface area (Å²) in [5.41, 5.74) is 6.00. The molecule has 2 aliphatic rings. The van der Waals surface area contributed by atoms with E-state index in [-0.39, 0.29) is 18.4 Å².